The van der Waals surface area contributed by atoms with E-state index in [-0.39, 0.29) is 24.0 Å². The Kier molecular flexibility index (Phi) is 8.36. The quantitative estimate of drug-likeness (QED) is 0.395. The number of alkyl halides is 3. The molecule has 2 aromatic rings. The molecule has 1 aliphatic rings. The minimum Gasteiger partial charge on any atom is -0.371 e. The summed E-state index contributed by atoms with van der Waals surface area (Å²) in [7, 11) is 0. The van der Waals surface area contributed by atoms with Crippen molar-refractivity contribution in [2.75, 3.05) is 29.5 Å². The van der Waals surface area contributed by atoms with Crippen molar-refractivity contribution in [3.05, 3.63) is 29.7 Å². The average molecular weight is 503 g/mol. The fourth-order valence-electron chi connectivity index (χ4n) is 3.86. The number of unbranched alkanes of at least 4 members (excludes halogenated alkanes) is 1. The molecule has 1 fully saturated rings. The lowest BCUT2D eigenvalue weighted by molar-refractivity contribution is 0.0578. The van der Waals surface area contributed by atoms with Gasteiger partial charge in [0.05, 0.1) is 0 Å². The molecule has 3 atom stereocenters. The molecule has 0 unspecified atom stereocenters. The van der Waals surface area contributed by atoms with Crippen LogP contribution in [0.1, 0.15) is 64.1 Å². The molecule has 176 valence electrons. The maximum Gasteiger partial charge on any atom is 0.250 e. The van der Waals surface area contributed by atoms with E-state index in [1.54, 1.807) is 13.1 Å². The van der Waals surface area contributed by atoms with Gasteiger partial charge in [0.2, 0.25) is 9.74 Å². The second kappa shape index (κ2) is 10.6. The minimum atomic E-state index is -1.70. The number of rotatable bonds is 7. The second-order valence-electron chi connectivity index (χ2n) is 8.15. The van der Waals surface area contributed by atoms with Gasteiger partial charge in [0.15, 0.2) is 11.6 Å². The number of hydrogen-bond donors (Lipinski definition) is 0. The summed E-state index contributed by atoms with van der Waals surface area (Å²) < 4.78 is 4.18. The van der Waals surface area contributed by atoms with Crippen LogP contribution in [0.3, 0.4) is 0 Å². The number of hydrogen-bond acceptors (Lipinski definition) is 8. The van der Waals surface area contributed by atoms with E-state index < -0.39 is 3.79 Å². The fraction of sp³-hybridized carbons (Fsp3) is 0.667. The molecule has 0 aliphatic carbocycles. The normalized spacial score (nSPS) is 20.5. The van der Waals surface area contributed by atoms with E-state index in [0.29, 0.717) is 37.3 Å². The van der Waals surface area contributed by atoms with Crippen LogP contribution in [0.25, 0.3) is 0 Å². The summed E-state index contributed by atoms with van der Waals surface area (Å²) in [5, 5.41) is 0. The van der Waals surface area contributed by atoms with E-state index in [0.717, 1.165) is 18.7 Å². The highest BCUT2D eigenvalue weighted by molar-refractivity contribution is 6.66. The summed E-state index contributed by atoms with van der Waals surface area (Å²) in [6.45, 7) is 12.3. The van der Waals surface area contributed by atoms with Crippen LogP contribution in [0, 0.1) is 6.92 Å². The third kappa shape index (κ3) is 6.10. The number of anilines is 2. The topological polar surface area (TPSA) is 80.2 Å². The van der Waals surface area contributed by atoms with Crippen LogP contribution >= 0.6 is 34.8 Å². The van der Waals surface area contributed by atoms with Gasteiger partial charge in [-0.3, -0.25) is 0 Å². The van der Waals surface area contributed by atoms with E-state index in [2.05, 4.69) is 50.5 Å². The van der Waals surface area contributed by atoms with Crippen LogP contribution in [-0.4, -0.2) is 56.7 Å². The molecule has 0 spiro atoms. The van der Waals surface area contributed by atoms with Crippen molar-refractivity contribution in [2.45, 2.75) is 69.4 Å². The lowest BCUT2D eigenvalue weighted by Crippen LogP contribution is -2.57. The van der Waals surface area contributed by atoms with E-state index in [1.807, 2.05) is 13.0 Å². The highest BCUT2D eigenvalue weighted by Crippen LogP contribution is 2.36. The molecule has 0 saturated carbocycles. The first-order valence-corrected chi connectivity index (χ1v) is 12.0. The maximum atomic E-state index is 6.01. The number of ether oxygens (including phenoxy) is 1. The van der Waals surface area contributed by atoms with Crippen LogP contribution < -0.4 is 9.80 Å². The van der Waals surface area contributed by atoms with Gasteiger partial charge in [-0.05, 0) is 40.2 Å². The van der Waals surface area contributed by atoms with Gasteiger partial charge in [-0.25, -0.2) is 15.0 Å². The smallest absolute Gasteiger partial charge is 0.250 e. The first-order chi connectivity index (χ1) is 15.1. The Hall–Kier alpha value is -1.48. The summed E-state index contributed by atoms with van der Waals surface area (Å²) in [6.07, 6.45) is 3.76. The maximum absolute atomic E-state index is 6.01. The van der Waals surface area contributed by atoms with Crippen LogP contribution in [-0.2, 0) is 8.53 Å². The van der Waals surface area contributed by atoms with Gasteiger partial charge in [0.1, 0.15) is 17.7 Å². The number of aromatic nitrogens is 5. The Morgan fingerprint density at radius 1 is 1.12 bits per heavy atom. The number of aryl methyl sites for hydroxylation is 1. The van der Waals surface area contributed by atoms with Crippen LogP contribution in [0.15, 0.2) is 12.3 Å². The standard InChI is InChI=1S/C21H30Cl3N7O/c1-6-7-10-32-15(4)18-25-9-8-17(28-18)31-13(2)11-30(12-14(31)3)20-27-16(5)26-19(29-20)21(22,23)24/h8-9,13-15H,6-7,10-12H2,1-5H3/t13-,14+,15-/m0/s1. The van der Waals surface area contributed by atoms with Gasteiger partial charge in [-0.1, -0.05) is 48.1 Å². The van der Waals surface area contributed by atoms with E-state index in [1.165, 1.54) is 0 Å². The molecule has 8 nitrogen and oxygen atoms in total. The third-order valence-corrected chi connectivity index (χ3v) is 5.85. The Morgan fingerprint density at radius 3 is 2.44 bits per heavy atom. The van der Waals surface area contributed by atoms with Crippen molar-refractivity contribution >= 4 is 46.6 Å². The monoisotopic (exact) mass is 501 g/mol. The van der Waals surface area contributed by atoms with E-state index in [9.17, 15) is 0 Å². The Balaban J connectivity index is 1.77. The summed E-state index contributed by atoms with van der Waals surface area (Å²) >= 11 is 18.0. The zero-order valence-corrected chi connectivity index (χ0v) is 21.4. The molecule has 1 saturated heterocycles. The van der Waals surface area contributed by atoms with Crippen molar-refractivity contribution in [1.82, 2.24) is 24.9 Å². The van der Waals surface area contributed by atoms with Crippen LogP contribution in [0.2, 0.25) is 0 Å². The predicted octanol–water partition coefficient (Wildman–Crippen LogP) is 4.78. The molecule has 0 radical (unpaired) electrons. The van der Waals surface area contributed by atoms with E-state index >= 15 is 0 Å². The molecular weight excluding hydrogens is 473 g/mol. The molecule has 0 N–H and O–H groups in total. The van der Waals surface area contributed by atoms with Gasteiger partial charge < -0.3 is 14.5 Å². The van der Waals surface area contributed by atoms with Crippen molar-refractivity contribution < 1.29 is 4.74 Å². The van der Waals surface area contributed by atoms with Crippen LogP contribution in [0.4, 0.5) is 11.8 Å². The molecule has 3 rings (SSSR count). The second-order valence-corrected chi connectivity index (χ2v) is 10.4. The summed E-state index contributed by atoms with van der Waals surface area (Å²) in [5.41, 5.74) is 0. The number of piperazine rings is 1. The van der Waals surface area contributed by atoms with Gasteiger partial charge >= 0.3 is 0 Å². The van der Waals surface area contributed by atoms with Crippen molar-refractivity contribution in [3.8, 4) is 0 Å². The van der Waals surface area contributed by atoms with Gasteiger partial charge in [-0.15, -0.1) is 0 Å². The largest absolute Gasteiger partial charge is 0.371 e. The number of nitrogens with zero attached hydrogens (tertiary/aromatic N) is 7. The molecule has 0 aromatic carbocycles. The zero-order valence-electron chi connectivity index (χ0n) is 19.1. The van der Waals surface area contributed by atoms with Gasteiger partial charge in [0, 0.05) is 38.0 Å². The van der Waals surface area contributed by atoms with Gasteiger partial charge in [-0.2, -0.15) is 9.97 Å². The lowest BCUT2D eigenvalue weighted by Gasteiger charge is -2.45. The SMILES string of the molecule is CCCCO[C@@H](C)c1nccc(N2[C@H](C)CN(c3nc(C)nc(C(Cl)(Cl)Cl)n3)C[C@@H]2C)n1. The molecule has 0 amide bonds. The first-order valence-electron chi connectivity index (χ1n) is 10.9. The molecule has 2 aromatic heterocycles. The predicted molar refractivity (Wildman–Crippen MR) is 129 cm³/mol. The summed E-state index contributed by atoms with van der Waals surface area (Å²) in [4.78, 5) is 26.7. The highest BCUT2D eigenvalue weighted by Gasteiger charge is 2.34. The van der Waals surface area contributed by atoms with E-state index in [4.69, 9.17) is 44.5 Å². The third-order valence-electron chi connectivity index (χ3n) is 5.34. The number of halogens is 3. The Labute approximate surface area is 204 Å². The zero-order chi connectivity index (χ0) is 23.5. The van der Waals surface area contributed by atoms with Crippen molar-refractivity contribution in [1.29, 1.82) is 0 Å². The fourth-order valence-corrected chi connectivity index (χ4v) is 4.11. The van der Waals surface area contributed by atoms with Crippen molar-refractivity contribution in [2.24, 2.45) is 0 Å². The average Bonchev–Trinajstić information content (AvgIpc) is 2.72. The van der Waals surface area contributed by atoms with Crippen molar-refractivity contribution in [3.63, 3.8) is 0 Å². The lowest BCUT2D eigenvalue weighted by atomic mass is 10.1. The molecular formula is C21H30Cl3N7O. The molecule has 1 aliphatic heterocycles. The molecule has 32 heavy (non-hydrogen) atoms. The van der Waals surface area contributed by atoms with Gasteiger partial charge in [0.25, 0.3) is 0 Å². The first kappa shape index (κ1) is 25.1. The highest BCUT2D eigenvalue weighted by atomic mass is 35.6. The summed E-state index contributed by atoms with van der Waals surface area (Å²) in [5.74, 6) is 2.73. The van der Waals surface area contributed by atoms with Crippen LogP contribution in [0.5, 0.6) is 0 Å². The Morgan fingerprint density at radius 2 is 1.81 bits per heavy atom. The summed E-state index contributed by atoms with van der Waals surface area (Å²) in [6, 6.07) is 2.23. The minimum absolute atomic E-state index is 0.130. The molecule has 3 heterocycles. The molecule has 0 bridgehead atoms. The molecule has 11 heteroatoms. The Bertz CT molecular complexity index is 899.